The Kier molecular flexibility index (Phi) is 3.64. The van der Waals surface area contributed by atoms with Crippen LogP contribution in [0, 0.1) is 0 Å². The second-order valence-electron chi connectivity index (χ2n) is 3.62. The molecule has 0 bridgehead atoms. The van der Waals surface area contributed by atoms with E-state index in [1.807, 2.05) is 37.6 Å². The summed E-state index contributed by atoms with van der Waals surface area (Å²) in [4.78, 5) is 1.18. The van der Waals surface area contributed by atoms with Crippen molar-refractivity contribution in [2.45, 2.75) is 17.3 Å². The molecule has 84 valence electrons. The molecular formula is C12H14N2OS. The number of aromatic nitrogens is 2. The van der Waals surface area contributed by atoms with Crippen LogP contribution in [0.5, 0.6) is 0 Å². The van der Waals surface area contributed by atoms with Gasteiger partial charge in [-0.15, -0.1) is 11.8 Å². The first-order valence-corrected chi connectivity index (χ1v) is 6.06. The molecule has 0 unspecified atom stereocenters. The van der Waals surface area contributed by atoms with Gasteiger partial charge in [-0.2, -0.15) is 5.10 Å². The minimum Gasteiger partial charge on any atom is -0.392 e. The maximum atomic E-state index is 9.03. The number of aliphatic hydroxyl groups excluding tert-OH is 1. The summed E-state index contributed by atoms with van der Waals surface area (Å²) < 4.78 is 1.81. The van der Waals surface area contributed by atoms with Gasteiger partial charge in [-0.3, -0.25) is 4.68 Å². The Morgan fingerprint density at radius 3 is 2.94 bits per heavy atom. The fraction of sp³-hybridized carbons (Fsp3) is 0.250. The van der Waals surface area contributed by atoms with Crippen LogP contribution in [-0.2, 0) is 19.4 Å². The molecule has 0 aliphatic carbocycles. The zero-order valence-electron chi connectivity index (χ0n) is 9.13. The third-order valence-corrected chi connectivity index (χ3v) is 3.31. The van der Waals surface area contributed by atoms with Crippen LogP contribution in [0.3, 0.4) is 0 Å². The van der Waals surface area contributed by atoms with Crippen molar-refractivity contribution in [3.8, 4) is 0 Å². The smallest absolute Gasteiger partial charge is 0.0682 e. The maximum absolute atomic E-state index is 9.03. The van der Waals surface area contributed by atoms with Crippen molar-refractivity contribution in [3.63, 3.8) is 0 Å². The van der Waals surface area contributed by atoms with Crippen LogP contribution in [0.2, 0.25) is 0 Å². The van der Waals surface area contributed by atoms with Gasteiger partial charge in [-0.1, -0.05) is 12.1 Å². The van der Waals surface area contributed by atoms with Crippen LogP contribution >= 0.6 is 11.8 Å². The van der Waals surface area contributed by atoms with E-state index in [0.717, 1.165) is 11.3 Å². The number of hydrogen-bond acceptors (Lipinski definition) is 3. The molecular weight excluding hydrogens is 220 g/mol. The Balaban J connectivity index is 1.99. The van der Waals surface area contributed by atoms with Gasteiger partial charge in [0.2, 0.25) is 0 Å². The van der Waals surface area contributed by atoms with Gasteiger partial charge in [0, 0.05) is 29.5 Å². The lowest BCUT2D eigenvalue weighted by atomic mass is 10.2. The molecule has 0 saturated heterocycles. The Hall–Kier alpha value is -1.26. The third kappa shape index (κ3) is 2.87. The summed E-state index contributed by atoms with van der Waals surface area (Å²) in [5, 5.41) is 13.2. The van der Waals surface area contributed by atoms with Gasteiger partial charge in [0.25, 0.3) is 0 Å². The largest absolute Gasteiger partial charge is 0.392 e. The van der Waals surface area contributed by atoms with Gasteiger partial charge in [-0.25, -0.2) is 0 Å². The van der Waals surface area contributed by atoms with Gasteiger partial charge >= 0.3 is 0 Å². The summed E-state index contributed by atoms with van der Waals surface area (Å²) >= 11 is 1.75. The van der Waals surface area contributed by atoms with Crippen molar-refractivity contribution in [2.24, 2.45) is 7.05 Å². The predicted molar refractivity (Wildman–Crippen MR) is 65.1 cm³/mol. The number of nitrogens with zero attached hydrogens (tertiary/aromatic N) is 2. The van der Waals surface area contributed by atoms with E-state index in [-0.39, 0.29) is 6.61 Å². The molecule has 1 N–H and O–H groups in total. The normalized spacial score (nSPS) is 10.6. The van der Waals surface area contributed by atoms with Crippen molar-refractivity contribution in [1.82, 2.24) is 9.78 Å². The standard InChI is InChI=1S/C12H14N2OS/c1-14-7-11(6-13-14)9-16-12-4-2-3-10(5-12)8-15/h2-7,15H,8-9H2,1H3. The van der Waals surface area contributed by atoms with Crippen LogP contribution in [0.1, 0.15) is 11.1 Å². The second-order valence-corrected chi connectivity index (χ2v) is 4.67. The van der Waals surface area contributed by atoms with Crippen LogP contribution in [-0.4, -0.2) is 14.9 Å². The molecule has 3 nitrogen and oxygen atoms in total. The Labute approximate surface area is 99.1 Å². The number of benzene rings is 1. The van der Waals surface area contributed by atoms with Gasteiger partial charge < -0.3 is 5.11 Å². The van der Waals surface area contributed by atoms with E-state index in [4.69, 9.17) is 5.11 Å². The predicted octanol–water partition coefficient (Wildman–Crippen LogP) is 2.20. The molecule has 0 atom stereocenters. The quantitative estimate of drug-likeness (QED) is 0.824. The maximum Gasteiger partial charge on any atom is 0.0682 e. The van der Waals surface area contributed by atoms with E-state index < -0.39 is 0 Å². The van der Waals surface area contributed by atoms with Crippen LogP contribution in [0.4, 0.5) is 0 Å². The molecule has 0 amide bonds. The summed E-state index contributed by atoms with van der Waals surface area (Å²) in [5.41, 5.74) is 2.16. The summed E-state index contributed by atoms with van der Waals surface area (Å²) in [7, 11) is 1.92. The molecule has 2 aromatic rings. The van der Waals surface area contributed by atoms with Crippen molar-refractivity contribution in [1.29, 1.82) is 0 Å². The Bertz CT molecular complexity index is 468. The number of hydrogen-bond donors (Lipinski definition) is 1. The van der Waals surface area contributed by atoms with E-state index in [1.54, 1.807) is 16.4 Å². The molecule has 1 aromatic heterocycles. The van der Waals surface area contributed by atoms with E-state index in [2.05, 4.69) is 11.2 Å². The van der Waals surface area contributed by atoms with E-state index in [9.17, 15) is 0 Å². The fourth-order valence-electron chi connectivity index (χ4n) is 1.45. The van der Waals surface area contributed by atoms with Crippen molar-refractivity contribution < 1.29 is 5.11 Å². The van der Waals surface area contributed by atoms with Gasteiger partial charge in [0.05, 0.1) is 12.8 Å². The van der Waals surface area contributed by atoms with Gasteiger partial charge in [0.15, 0.2) is 0 Å². The molecule has 1 aromatic carbocycles. The topological polar surface area (TPSA) is 38.0 Å². The number of rotatable bonds is 4. The first-order valence-electron chi connectivity index (χ1n) is 5.08. The Morgan fingerprint density at radius 2 is 2.25 bits per heavy atom. The highest BCUT2D eigenvalue weighted by atomic mass is 32.2. The third-order valence-electron chi connectivity index (χ3n) is 2.24. The first-order chi connectivity index (χ1) is 7.78. The molecule has 2 rings (SSSR count). The van der Waals surface area contributed by atoms with Gasteiger partial charge in [0.1, 0.15) is 0 Å². The zero-order valence-corrected chi connectivity index (χ0v) is 9.94. The number of aliphatic hydroxyl groups is 1. The lowest BCUT2D eigenvalue weighted by Gasteiger charge is -2.01. The van der Waals surface area contributed by atoms with Crippen LogP contribution in [0.15, 0.2) is 41.6 Å². The van der Waals surface area contributed by atoms with Crippen LogP contribution in [0.25, 0.3) is 0 Å². The summed E-state index contributed by atoms with van der Waals surface area (Å²) in [6.45, 7) is 0.0985. The monoisotopic (exact) mass is 234 g/mol. The summed E-state index contributed by atoms with van der Waals surface area (Å²) in [6, 6.07) is 7.96. The molecule has 0 radical (unpaired) electrons. The minimum atomic E-state index is 0.0985. The molecule has 0 aliphatic heterocycles. The molecule has 0 aliphatic rings. The molecule has 0 spiro atoms. The van der Waals surface area contributed by atoms with E-state index in [0.29, 0.717) is 0 Å². The lowest BCUT2D eigenvalue weighted by Crippen LogP contribution is -1.85. The Morgan fingerprint density at radius 1 is 1.38 bits per heavy atom. The number of thioether (sulfide) groups is 1. The molecule has 0 fully saturated rings. The molecule has 1 heterocycles. The molecule has 4 heteroatoms. The highest BCUT2D eigenvalue weighted by Gasteiger charge is 1.99. The lowest BCUT2D eigenvalue weighted by molar-refractivity contribution is 0.281. The summed E-state index contributed by atoms with van der Waals surface area (Å²) in [6.07, 6.45) is 3.89. The average Bonchev–Trinajstić information content (AvgIpc) is 2.73. The van der Waals surface area contributed by atoms with Crippen molar-refractivity contribution in [3.05, 3.63) is 47.8 Å². The van der Waals surface area contributed by atoms with E-state index in [1.165, 1.54) is 10.5 Å². The SMILES string of the molecule is Cn1cc(CSc2cccc(CO)c2)cn1. The summed E-state index contributed by atoms with van der Waals surface area (Å²) in [5.74, 6) is 0.905. The first kappa shape index (κ1) is 11.2. The zero-order chi connectivity index (χ0) is 11.4. The highest BCUT2D eigenvalue weighted by molar-refractivity contribution is 7.98. The van der Waals surface area contributed by atoms with Crippen molar-refractivity contribution >= 4 is 11.8 Å². The fourth-order valence-corrected chi connectivity index (χ4v) is 2.34. The van der Waals surface area contributed by atoms with Crippen molar-refractivity contribution in [2.75, 3.05) is 0 Å². The molecule has 0 saturated carbocycles. The molecule has 16 heavy (non-hydrogen) atoms. The minimum absolute atomic E-state index is 0.0985. The highest BCUT2D eigenvalue weighted by Crippen LogP contribution is 2.23. The average molecular weight is 234 g/mol. The van der Waals surface area contributed by atoms with Gasteiger partial charge in [-0.05, 0) is 17.7 Å². The second kappa shape index (κ2) is 5.18. The number of aryl methyl sites for hydroxylation is 1. The van der Waals surface area contributed by atoms with E-state index >= 15 is 0 Å². The van der Waals surface area contributed by atoms with Crippen LogP contribution < -0.4 is 0 Å².